The maximum absolute atomic E-state index is 12.7. The molecule has 2 saturated heterocycles. The van der Waals surface area contributed by atoms with Gasteiger partial charge in [-0.1, -0.05) is 6.07 Å². The predicted octanol–water partition coefficient (Wildman–Crippen LogP) is 3.83. The van der Waals surface area contributed by atoms with Gasteiger partial charge in [0.25, 0.3) is 0 Å². The Balaban J connectivity index is 1.36. The Morgan fingerprint density at radius 3 is 2.50 bits per heavy atom. The van der Waals surface area contributed by atoms with E-state index in [2.05, 4.69) is 10.3 Å². The second kappa shape index (κ2) is 9.67. The van der Waals surface area contributed by atoms with Gasteiger partial charge in [0.05, 0.1) is 0 Å². The first kappa shape index (κ1) is 22.4. The third kappa shape index (κ3) is 6.61. The molecular formula is C23H36N4O3. The summed E-state index contributed by atoms with van der Waals surface area (Å²) in [6.07, 6.45) is 3.98. The summed E-state index contributed by atoms with van der Waals surface area (Å²) in [6, 6.07) is 6.35. The van der Waals surface area contributed by atoms with Crippen LogP contribution in [0.5, 0.6) is 0 Å². The van der Waals surface area contributed by atoms with Crippen molar-refractivity contribution in [2.24, 2.45) is 5.92 Å². The Labute approximate surface area is 180 Å². The molecule has 3 heterocycles. The van der Waals surface area contributed by atoms with Gasteiger partial charge >= 0.3 is 6.09 Å². The second-order valence-electron chi connectivity index (χ2n) is 9.58. The molecule has 1 atom stereocenters. The lowest BCUT2D eigenvalue weighted by molar-refractivity contribution is -0.132. The average molecular weight is 417 g/mol. The van der Waals surface area contributed by atoms with Gasteiger partial charge in [-0.3, -0.25) is 4.79 Å². The summed E-state index contributed by atoms with van der Waals surface area (Å²) in [7, 11) is 0. The summed E-state index contributed by atoms with van der Waals surface area (Å²) in [4.78, 5) is 33.1. The number of amides is 2. The fourth-order valence-electron chi connectivity index (χ4n) is 4.15. The van der Waals surface area contributed by atoms with Crippen molar-refractivity contribution in [1.82, 2.24) is 14.8 Å². The third-order valence-corrected chi connectivity index (χ3v) is 5.79. The van der Waals surface area contributed by atoms with Crippen LogP contribution in [0, 0.1) is 12.8 Å². The molecule has 0 bridgehead atoms. The van der Waals surface area contributed by atoms with E-state index in [1.165, 1.54) is 0 Å². The van der Waals surface area contributed by atoms with Crippen molar-refractivity contribution in [2.75, 3.05) is 31.5 Å². The number of nitrogens with zero attached hydrogens (tertiary/aromatic N) is 3. The minimum atomic E-state index is -0.471. The Morgan fingerprint density at radius 2 is 1.83 bits per heavy atom. The number of hydrogen-bond donors (Lipinski definition) is 1. The summed E-state index contributed by atoms with van der Waals surface area (Å²) in [5.41, 5.74) is 0.534. The predicted molar refractivity (Wildman–Crippen MR) is 117 cm³/mol. The molecule has 1 aromatic heterocycles. The van der Waals surface area contributed by atoms with Crippen LogP contribution in [0.2, 0.25) is 0 Å². The number of carbonyl (C=O) groups is 2. The van der Waals surface area contributed by atoms with Gasteiger partial charge in [-0.05, 0) is 71.4 Å². The smallest absolute Gasteiger partial charge is 0.410 e. The normalized spacial score (nSPS) is 20.3. The molecule has 0 unspecified atom stereocenters. The molecule has 0 radical (unpaired) electrons. The number of pyridine rings is 1. The van der Waals surface area contributed by atoms with E-state index in [4.69, 9.17) is 4.74 Å². The van der Waals surface area contributed by atoms with Crippen molar-refractivity contribution in [2.45, 2.75) is 71.4 Å². The quantitative estimate of drug-likeness (QED) is 0.790. The fraction of sp³-hybridized carbons (Fsp3) is 0.696. The minimum Gasteiger partial charge on any atom is -0.444 e. The van der Waals surface area contributed by atoms with Gasteiger partial charge in [0.15, 0.2) is 0 Å². The molecular weight excluding hydrogens is 380 g/mol. The first-order chi connectivity index (χ1) is 14.2. The molecule has 30 heavy (non-hydrogen) atoms. The van der Waals surface area contributed by atoms with Crippen LogP contribution >= 0.6 is 0 Å². The molecule has 1 aromatic rings. The number of aromatic nitrogens is 1. The summed E-state index contributed by atoms with van der Waals surface area (Å²) in [5, 5.41) is 3.49. The molecule has 0 spiro atoms. The lowest BCUT2D eigenvalue weighted by Crippen LogP contribution is -2.42. The number of anilines is 1. The molecule has 2 aliphatic rings. The summed E-state index contributed by atoms with van der Waals surface area (Å²) < 4.78 is 5.45. The zero-order valence-electron chi connectivity index (χ0n) is 18.8. The Bertz CT molecular complexity index is 738. The number of carbonyl (C=O) groups excluding carboxylic acids is 2. The highest BCUT2D eigenvalue weighted by Gasteiger charge is 2.30. The van der Waals surface area contributed by atoms with Crippen molar-refractivity contribution in [3.8, 4) is 0 Å². The lowest BCUT2D eigenvalue weighted by Gasteiger charge is -2.33. The van der Waals surface area contributed by atoms with Crippen LogP contribution in [0.3, 0.4) is 0 Å². The monoisotopic (exact) mass is 416 g/mol. The SMILES string of the molecule is Cc1cccc(NC2CCN(C(=O)CC[C@@H]3CCN(C(=O)OC(C)(C)C)C3)CC2)n1. The molecule has 7 heteroatoms. The molecule has 7 nitrogen and oxygen atoms in total. The molecule has 166 valence electrons. The topological polar surface area (TPSA) is 74.8 Å². The van der Waals surface area contributed by atoms with Crippen LogP contribution in [0.25, 0.3) is 0 Å². The number of hydrogen-bond acceptors (Lipinski definition) is 5. The molecule has 0 aromatic carbocycles. The summed E-state index contributed by atoms with van der Waals surface area (Å²) >= 11 is 0. The van der Waals surface area contributed by atoms with E-state index >= 15 is 0 Å². The first-order valence-corrected chi connectivity index (χ1v) is 11.2. The Morgan fingerprint density at radius 1 is 1.13 bits per heavy atom. The number of piperidine rings is 1. The average Bonchev–Trinajstić information content (AvgIpc) is 3.15. The highest BCUT2D eigenvalue weighted by atomic mass is 16.6. The van der Waals surface area contributed by atoms with Crippen LogP contribution in [-0.2, 0) is 9.53 Å². The number of ether oxygens (including phenoxy) is 1. The highest BCUT2D eigenvalue weighted by Crippen LogP contribution is 2.24. The standard InChI is InChI=1S/C23H36N4O3/c1-17-6-5-7-20(24-17)25-19-11-14-26(15-12-19)21(28)9-8-18-10-13-27(16-18)22(29)30-23(2,3)4/h5-7,18-19H,8-16H2,1-4H3,(H,24,25)/t18-/m1/s1. The Kier molecular flexibility index (Phi) is 7.21. The third-order valence-electron chi connectivity index (χ3n) is 5.79. The second-order valence-corrected chi connectivity index (χ2v) is 9.58. The van der Waals surface area contributed by atoms with Crippen LogP contribution in [0.1, 0.15) is 58.6 Å². The molecule has 0 aliphatic carbocycles. The lowest BCUT2D eigenvalue weighted by atomic mass is 10.0. The summed E-state index contributed by atoms with van der Waals surface area (Å²) in [6.45, 7) is 10.6. The zero-order chi connectivity index (χ0) is 21.7. The first-order valence-electron chi connectivity index (χ1n) is 11.2. The van der Waals surface area contributed by atoms with Gasteiger partial charge in [-0.2, -0.15) is 0 Å². The van der Waals surface area contributed by atoms with Crippen molar-refractivity contribution < 1.29 is 14.3 Å². The zero-order valence-corrected chi connectivity index (χ0v) is 18.8. The maximum Gasteiger partial charge on any atom is 0.410 e. The largest absolute Gasteiger partial charge is 0.444 e. The molecule has 2 amide bonds. The number of rotatable bonds is 5. The molecule has 2 aliphatic heterocycles. The van der Waals surface area contributed by atoms with Crippen LogP contribution in [0.4, 0.5) is 10.6 Å². The molecule has 2 fully saturated rings. The van der Waals surface area contributed by atoms with Gasteiger partial charge in [-0.25, -0.2) is 9.78 Å². The van der Waals surface area contributed by atoms with Gasteiger partial charge in [0.2, 0.25) is 5.91 Å². The maximum atomic E-state index is 12.7. The van der Waals surface area contributed by atoms with E-state index < -0.39 is 5.60 Å². The molecule has 1 N–H and O–H groups in total. The molecule has 3 rings (SSSR count). The van der Waals surface area contributed by atoms with Gasteiger partial charge in [0, 0.05) is 44.3 Å². The van der Waals surface area contributed by atoms with E-state index in [0.29, 0.717) is 24.9 Å². The summed E-state index contributed by atoms with van der Waals surface area (Å²) in [5.74, 6) is 1.53. The van der Waals surface area contributed by atoms with Crippen molar-refractivity contribution in [3.63, 3.8) is 0 Å². The number of aryl methyl sites for hydroxylation is 1. The fourth-order valence-corrected chi connectivity index (χ4v) is 4.15. The minimum absolute atomic E-state index is 0.234. The van der Waals surface area contributed by atoms with Gasteiger partial charge < -0.3 is 19.9 Å². The number of likely N-dealkylation sites (tertiary alicyclic amines) is 2. The van der Waals surface area contributed by atoms with E-state index in [-0.39, 0.29) is 12.0 Å². The van der Waals surface area contributed by atoms with Crippen molar-refractivity contribution in [1.29, 1.82) is 0 Å². The van der Waals surface area contributed by atoms with Crippen LogP contribution in [0.15, 0.2) is 18.2 Å². The Hall–Kier alpha value is -2.31. The van der Waals surface area contributed by atoms with Gasteiger partial charge in [0.1, 0.15) is 11.4 Å². The van der Waals surface area contributed by atoms with E-state index in [1.54, 1.807) is 4.90 Å². The van der Waals surface area contributed by atoms with E-state index in [1.807, 2.05) is 50.8 Å². The molecule has 0 saturated carbocycles. The van der Waals surface area contributed by atoms with Crippen molar-refractivity contribution in [3.05, 3.63) is 23.9 Å². The number of nitrogens with one attached hydrogen (secondary N) is 1. The van der Waals surface area contributed by atoms with Crippen molar-refractivity contribution >= 4 is 17.8 Å². The van der Waals surface area contributed by atoms with Crippen LogP contribution in [-0.4, -0.2) is 64.6 Å². The highest BCUT2D eigenvalue weighted by molar-refractivity contribution is 5.76. The van der Waals surface area contributed by atoms with Gasteiger partial charge in [-0.15, -0.1) is 0 Å². The van der Waals surface area contributed by atoms with Crippen LogP contribution < -0.4 is 5.32 Å². The van der Waals surface area contributed by atoms with E-state index in [9.17, 15) is 9.59 Å². The van der Waals surface area contributed by atoms with E-state index in [0.717, 1.165) is 56.8 Å².